The molecule has 0 unspecified atom stereocenters. The fraction of sp³-hybridized carbons (Fsp3) is 0.100. The number of hydrogen-bond donors (Lipinski definition) is 2. The van der Waals surface area contributed by atoms with Gasteiger partial charge >= 0.3 is 4.87 Å². The fourth-order valence-corrected chi connectivity index (χ4v) is 2.36. The number of nitrogens with one attached hydrogen (secondary N) is 2. The summed E-state index contributed by atoms with van der Waals surface area (Å²) in [5.74, 6) is -0.346. The summed E-state index contributed by atoms with van der Waals surface area (Å²) >= 11 is 10.1. The van der Waals surface area contributed by atoms with Gasteiger partial charge in [-0.1, -0.05) is 22.9 Å². The largest absolute Gasteiger partial charge is 0.346 e. The first-order valence-corrected chi connectivity index (χ1v) is 6.87. The first-order valence-electron chi connectivity index (χ1n) is 4.82. The number of aromatic nitrogens is 2. The molecule has 2 N–H and O–H groups in total. The summed E-state index contributed by atoms with van der Waals surface area (Å²) in [7, 11) is 0. The molecule has 0 atom stereocenters. The van der Waals surface area contributed by atoms with Crippen LogP contribution < -0.4 is 10.2 Å². The van der Waals surface area contributed by atoms with Crippen LogP contribution in [0.3, 0.4) is 0 Å². The summed E-state index contributed by atoms with van der Waals surface area (Å²) in [6.07, 6.45) is 1.51. The Morgan fingerprint density at radius 1 is 1.61 bits per heavy atom. The van der Waals surface area contributed by atoms with Gasteiger partial charge in [-0.15, -0.1) is 0 Å². The van der Waals surface area contributed by atoms with E-state index in [0.717, 1.165) is 11.3 Å². The van der Waals surface area contributed by atoms with Gasteiger partial charge in [0.15, 0.2) is 0 Å². The Kier molecular flexibility index (Phi) is 4.15. The van der Waals surface area contributed by atoms with Gasteiger partial charge < -0.3 is 10.3 Å². The molecule has 1 amide bonds. The van der Waals surface area contributed by atoms with Crippen molar-refractivity contribution in [1.29, 1.82) is 0 Å². The zero-order chi connectivity index (χ0) is 13.1. The second-order valence-corrected chi connectivity index (χ2v) is 5.46. The SMILES string of the molecule is O=C(NCc1csc(=O)[nH]1)c1cc(Br)cnc1Cl. The van der Waals surface area contributed by atoms with Crippen molar-refractivity contribution < 1.29 is 4.79 Å². The fourth-order valence-electron chi connectivity index (χ4n) is 1.25. The van der Waals surface area contributed by atoms with Gasteiger partial charge in [-0.05, 0) is 22.0 Å². The van der Waals surface area contributed by atoms with E-state index in [1.165, 1.54) is 6.20 Å². The number of amides is 1. The van der Waals surface area contributed by atoms with E-state index in [1.54, 1.807) is 11.4 Å². The lowest BCUT2D eigenvalue weighted by atomic mass is 10.2. The number of H-pyrrole nitrogens is 1. The van der Waals surface area contributed by atoms with Crippen LogP contribution in [0.15, 0.2) is 26.9 Å². The highest BCUT2D eigenvalue weighted by Gasteiger charge is 2.12. The third-order valence-corrected chi connectivity index (χ3v) is 3.51. The molecule has 0 aliphatic rings. The van der Waals surface area contributed by atoms with Gasteiger partial charge in [0.05, 0.1) is 12.1 Å². The normalized spacial score (nSPS) is 10.3. The van der Waals surface area contributed by atoms with Crippen molar-refractivity contribution in [2.45, 2.75) is 6.54 Å². The highest BCUT2D eigenvalue weighted by atomic mass is 79.9. The van der Waals surface area contributed by atoms with Crippen LogP contribution in [-0.4, -0.2) is 15.9 Å². The minimum absolute atomic E-state index is 0.134. The van der Waals surface area contributed by atoms with Gasteiger partial charge in [-0.25, -0.2) is 4.98 Å². The Morgan fingerprint density at radius 3 is 3.06 bits per heavy atom. The van der Waals surface area contributed by atoms with Gasteiger partial charge in [0.25, 0.3) is 5.91 Å². The van der Waals surface area contributed by atoms with E-state index in [4.69, 9.17) is 11.6 Å². The minimum atomic E-state index is -0.346. The first kappa shape index (κ1) is 13.3. The summed E-state index contributed by atoms with van der Waals surface area (Å²) < 4.78 is 0.668. The van der Waals surface area contributed by atoms with Crippen molar-refractivity contribution in [2.75, 3.05) is 0 Å². The first-order chi connectivity index (χ1) is 8.56. The molecule has 18 heavy (non-hydrogen) atoms. The molecule has 5 nitrogen and oxygen atoms in total. The highest BCUT2D eigenvalue weighted by Crippen LogP contribution is 2.17. The van der Waals surface area contributed by atoms with Gasteiger partial charge in [-0.2, -0.15) is 0 Å². The number of hydrogen-bond acceptors (Lipinski definition) is 4. The topological polar surface area (TPSA) is 74.8 Å². The van der Waals surface area contributed by atoms with E-state index in [0.29, 0.717) is 10.2 Å². The number of halogens is 2. The predicted molar refractivity (Wildman–Crippen MR) is 73.1 cm³/mol. The molecule has 0 bridgehead atoms. The lowest BCUT2D eigenvalue weighted by molar-refractivity contribution is 0.0950. The molecule has 2 aromatic rings. The highest BCUT2D eigenvalue weighted by molar-refractivity contribution is 9.10. The minimum Gasteiger partial charge on any atom is -0.346 e. The average molecular weight is 349 g/mol. The van der Waals surface area contributed by atoms with E-state index < -0.39 is 0 Å². The molecular weight excluding hydrogens is 342 g/mol. The van der Waals surface area contributed by atoms with Gasteiger partial charge in [0, 0.05) is 21.7 Å². The summed E-state index contributed by atoms with van der Waals surface area (Å²) in [4.78, 5) is 29.1. The molecule has 2 heterocycles. The van der Waals surface area contributed by atoms with Crippen molar-refractivity contribution in [3.63, 3.8) is 0 Å². The number of aromatic amines is 1. The van der Waals surface area contributed by atoms with E-state index in [9.17, 15) is 9.59 Å². The second kappa shape index (κ2) is 5.64. The van der Waals surface area contributed by atoms with Crippen LogP contribution >= 0.6 is 38.9 Å². The Labute approximate surface area is 119 Å². The van der Waals surface area contributed by atoms with E-state index >= 15 is 0 Å². The van der Waals surface area contributed by atoms with E-state index in [1.807, 2.05) is 0 Å². The molecule has 2 aromatic heterocycles. The number of rotatable bonds is 3. The van der Waals surface area contributed by atoms with Crippen LogP contribution in [0.5, 0.6) is 0 Å². The van der Waals surface area contributed by atoms with Gasteiger partial charge in [0.1, 0.15) is 5.15 Å². The Hall–Kier alpha value is -1.18. The molecule has 0 aliphatic carbocycles. The number of thiazole rings is 1. The Morgan fingerprint density at radius 2 is 2.39 bits per heavy atom. The Balaban J connectivity index is 2.08. The van der Waals surface area contributed by atoms with Crippen LogP contribution in [0.1, 0.15) is 16.1 Å². The van der Waals surface area contributed by atoms with Crippen LogP contribution in [0.4, 0.5) is 0 Å². The summed E-state index contributed by atoms with van der Waals surface area (Å²) in [5.41, 5.74) is 0.932. The van der Waals surface area contributed by atoms with Crippen LogP contribution in [0, 0.1) is 0 Å². The van der Waals surface area contributed by atoms with E-state index in [-0.39, 0.29) is 28.0 Å². The van der Waals surface area contributed by atoms with Crippen LogP contribution in [-0.2, 0) is 6.54 Å². The second-order valence-electron chi connectivity index (χ2n) is 3.35. The summed E-state index contributed by atoms with van der Waals surface area (Å²) in [6, 6.07) is 1.58. The maximum atomic E-state index is 11.9. The molecule has 0 saturated carbocycles. The number of nitrogens with zero attached hydrogens (tertiary/aromatic N) is 1. The molecule has 8 heteroatoms. The van der Waals surface area contributed by atoms with E-state index in [2.05, 4.69) is 31.2 Å². The van der Waals surface area contributed by atoms with Crippen molar-refractivity contribution in [2.24, 2.45) is 0 Å². The molecule has 94 valence electrons. The molecule has 0 aromatic carbocycles. The smallest absolute Gasteiger partial charge is 0.304 e. The van der Waals surface area contributed by atoms with Gasteiger partial charge in [-0.3, -0.25) is 9.59 Å². The predicted octanol–water partition coefficient (Wildman–Crippen LogP) is 2.18. The maximum absolute atomic E-state index is 11.9. The zero-order valence-corrected chi connectivity index (χ0v) is 12.0. The van der Waals surface area contributed by atoms with Crippen LogP contribution in [0.2, 0.25) is 5.15 Å². The molecular formula is C10H7BrClN3O2S. The van der Waals surface area contributed by atoms with Gasteiger partial charge in [0.2, 0.25) is 0 Å². The van der Waals surface area contributed by atoms with Crippen molar-refractivity contribution >= 4 is 44.8 Å². The molecule has 0 aliphatic heterocycles. The summed E-state index contributed by atoms with van der Waals surface area (Å²) in [5, 5.41) is 4.44. The molecule has 0 fully saturated rings. The molecule has 0 saturated heterocycles. The lowest BCUT2D eigenvalue weighted by Crippen LogP contribution is -2.23. The van der Waals surface area contributed by atoms with Crippen molar-refractivity contribution in [3.8, 4) is 0 Å². The van der Waals surface area contributed by atoms with Crippen molar-refractivity contribution in [1.82, 2.24) is 15.3 Å². The number of carbonyl (C=O) groups is 1. The third kappa shape index (κ3) is 3.18. The molecule has 0 radical (unpaired) electrons. The monoisotopic (exact) mass is 347 g/mol. The zero-order valence-electron chi connectivity index (χ0n) is 8.87. The Bertz CT molecular complexity index is 640. The third-order valence-electron chi connectivity index (χ3n) is 2.06. The molecule has 0 spiro atoms. The molecule has 2 rings (SSSR count). The average Bonchev–Trinajstić information content (AvgIpc) is 2.75. The number of pyridine rings is 1. The lowest BCUT2D eigenvalue weighted by Gasteiger charge is -2.05. The maximum Gasteiger partial charge on any atom is 0.304 e. The standard InChI is InChI=1S/C10H7BrClN3O2S/c11-5-1-7(8(12)13-2-5)9(16)14-3-6-4-18-10(17)15-6/h1-2,4H,3H2,(H,14,16)(H,15,17). The quantitative estimate of drug-likeness (QED) is 0.835. The number of carbonyl (C=O) groups excluding carboxylic acids is 1. The van der Waals surface area contributed by atoms with Crippen LogP contribution in [0.25, 0.3) is 0 Å². The van der Waals surface area contributed by atoms with Crippen molar-refractivity contribution in [3.05, 3.63) is 48.2 Å². The summed E-state index contributed by atoms with van der Waals surface area (Å²) in [6.45, 7) is 0.237.